The lowest BCUT2D eigenvalue weighted by atomic mass is 10.1. The van der Waals surface area contributed by atoms with Gasteiger partial charge in [-0.25, -0.2) is 0 Å². The molecule has 1 unspecified atom stereocenters. The number of nitrogens with zero attached hydrogens (tertiary/aromatic N) is 1. The highest BCUT2D eigenvalue weighted by Crippen LogP contribution is 2.32. The number of hydrogen-bond donors (Lipinski definition) is 1. The van der Waals surface area contributed by atoms with Crippen LogP contribution in [0.25, 0.3) is 10.1 Å². The van der Waals surface area contributed by atoms with Crippen LogP contribution < -0.4 is 5.32 Å². The molecular weight excluding hydrogens is 192 g/mol. The Balaban J connectivity index is 2.05. The lowest BCUT2D eigenvalue weighted by molar-refractivity contribution is 0.779. The van der Waals surface area contributed by atoms with Gasteiger partial charge in [0.25, 0.3) is 0 Å². The van der Waals surface area contributed by atoms with Crippen molar-refractivity contribution in [2.75, 3.05) is 13.1 Å². The van der Waals surface area contributed by atoms with E-state index in [1.54, 1.807) is 0 Å². The maximum atomic E-state index is 4.15. The summed E-state index contributed by atoms with van der Waals surface area (Å²) in [5, 5.41) is 4.75. The molecule has 1 fully saturated rings. The van der Waals surface area contributed by atoms with Crippen molar-refractivity contribution in [3.05, 3.63) is 29.4 Å². The Morgan fingerprint density at radius 1 is 1.50 bits per heavy atom. The Morgan fingerprint density at radius 3 is 3.29 bits per heavy atom. The van der Waals surface area contributed by atoms with E-state index in [0.29, 0.717) is 0 Å². The van der Waals surface area contributed by atoms with Gasteiger partial charge in [0.15, 0.2) is 0 Å². The summed E-state index contributed by atoms with van der Waals surface area (Å²) in [4.78, 5) is 5.66. The van der Waals surface area contributed by atoms with Crippen molar-refractivity contribution in [2.24, 2.45) is 0 Å². The highest BCUT2D eigenvalue weighted by Gasteiger charge is 2.18. The van der Waals surface area contributed by atoms with Gasteiger partial charge in [-0.15, -0.1) is 11.3 Å². The van der Waals surface area contributed by atoms with E-state index in [2.05, 4.69) is 22.4 Å². The average Bonchev–Trinajstić information content (AvgIpc) is 2.86. The maximum absolute atomic E-state index is 4.15. The number of hydrogen-bond acceptors (Lipinski definition) is 3. The summed E-state index contributed by atoms with van der Waals surface area (Å²) in [7, 11) is 0. The van der Waals surface area contributed by atoms with Gasteiger partial charge in [-0.05, 0) is 30.5 Å². The van der Waals surface area contributed by atoms with Crippen LogP contribution in [0.2, 0.25) is 0 Å². The number of thiophene rings is 1. The Labute approximate surface area is 87.0 Å². The predicted molar refractivity (Wildman–Crippen MR) is 59.8 cm³/mol. The molecule has 1 aliphatic rings. The minimum Gasteiger partial charge on any atom is -0.316 e. The molecule has 0 saturated carbocycles. The van der Waals surface area contributed by atoms with Crippen LogP contribution in [0.5, 0.6) is 0 Å². The molecular formula is C11H12N2S. The number of pyridine rings is 1. The first-order valence-electron chi connectivity index (χ1n) is 4.97. The molecule has 0 radical (unpaired) electrons. The van der Waals surface area contributed by atoms with E-state index in [-0.39, 0.29) is 0 Å². The number of aromatic nitrogens is 1. The smallest absolute Gasteiger partial charge is 0.0529 e. The minimum absolute atomic E-state index is 0.729. The van der Waals surface area contributed by atoms with Crippen molar-refractivity contribution < 1.29 is 0 Å². The Kier molecular flexibility index (Phi) is 2.00. The molecule has 3 heterocycles. The topological polar surface area (TPSA) is 24.9 Å². The predicted octanol–water partition coefficient (Wildman–Crippen LogP) is 2.37. The molecule has 1 aliphatic heterocycles. The van der Waals surface area contributed by atoms with Crippen LogP contribution >= 0.6 is 11.3 Å². The molecule has 1 N–H and O–H groups in total. The first-order valence-corrected chi connectivity index (χ1v) is 5.79. The van der Waals surface area contributed by atoms with Crippen LogP contribution in [0.15, 0.2) is 24.5 Å². The number of nitrogens with one attached hydrogen (secondary N) is 1. The lowest BCUT2D eigenvalue weighted by Crippen LogP contribution is -2.07. The minimum atomic E-state index is 0.729. The van der Waals surface area contributed by atoms with Crippen molar-refractivity contribution in [1.29, 1.82) is 0 Å². The van der Waals surface area contributed by atoms with Crippen molar-refractivity contribution in [2.45, 2.75) is 12.3 Å². The Hall–Kier alpha value is -0.930. The summed E-state index contributed by atoms with van der Waals surface area (Å²) >= 11 is 1.89. The largest absolute Gasteiger partial charge is 0.316 e. The highest BCUT2D eigenvalue weighted by molar-refractivity contribution is 7.19. The molecule has 1 atom stereocenters. The van der Waals surface area contributed by atoms with Crippen LogP contribution in [-0.2, 0) is 0 Å². The molecule has 0 aromatic carbocycles. The van der Waals surface area contributed by atoms with Crippen molar-refractivity contribution in [1.82, 2.24) is 10.3 Å². The fourth-order valence-corrected chi connectivity index (χ4v) is 3.17. The van der Waals surface area contributed by atoms with E-state index in [0.717, 1.165) is 19.0 Å². The number of fused-ring (bicyclic) bond motifs is 1. The molecule has 72 valence electrons. The highest BCUT2D eigenvalue weighted by atomic mass is 32.1. The summed E-state index contributed by atoms with van der Waals surface area (Å²) in [6.45, 7) is 2.30. The van der Waals surface area contributed by atoms with E-state index in [1.165, 1.54) is 21.4 Å². The average molecular weight is 204 g/mol. The van der Waals surface area contributed by atoms with Gasteiger partial charge in [0.05, 0.1) is 4.70 Å². The molecule has 1 saturated heterocycles. The fourth-order valence-electron chi connectivity index (χ4n) is 2.00. The molecule has 0 aliphatic carbocycles. The third-order valence-electron chi connectivity index (χ3n) is 2.80. The molecule has 0 bridgehead atoms. The van der Waals surface area contributed by atoms with Gasteiger partial charge in [-0.3, -0.25) is 4.98 Å². The van der Waals surface area contributed by atoms with E-state index in [1.807, 2.05) is 23.7 Å². The van der Waals surface area contributed by atoms with E-state index in [4.69, 9.17) is 0 Å². The summed E-state index contributed by atoms with van der Waals surface area (Å²) < 4.78 is 1.31. The molecule has 2 aromatic heterocycles. The van der Waals surface area contributed by atoms with Crippen LogP contribution in [0.3, 0.4) is 0 Å². The molecule has 3 heteroatoms. The second-order valence-electron chi connectivity index (χ2n) is 3.75. The second-order valence-corrected chi connectivity index (χ2v) is 4.87. The van der Waals surface area contributed by atoms with Gasteiger partial charge in [0.1, 0.15) is 0 Å². The van der Waals surface area contributed by atoms with Gasteiger partial charge in [-0.2, -0.15) is 0 Å². The zero-order valence-corrected chi connectivity index (χ0v) is 8.68. The summed E-state index contributed by atoms with van der Waals surface area (Å²) in [6, 6.07) is 4.41. The van der Waals surface area contributed by atoms with Crippen molar-refractivity contribution >= 4 is 21.4 Å². The molecule has 0 spiro atoms. The summed E-state index contributed by atoms with van der Waals surface area (Å²) in [6.07, 6.45) is 5.11. The molecule has 14 heavy (non-hydrogen) atoms. The third kappa shape index (κ3) is 1.33. The normalized spacial score (nSPS) is 21.9. The molecule has 2 nitrogen and oxygen atoms in total. The molecule has 0 amide bonds. The zero-order valence-electron chi connectivity index (χ0n) is 7.86. The van der Waals surface area contributed by atoms with Gasteiger partial charge < -0.3 is 5.32 Å². The quantitative estimate of drug-likeness (QED) is 0.771. The Bertz CT molecular complexity index is 410. The van der Waals surface area contributed by atoms with Gasteiger partial charge in [-0.1, -0.05) is 0 Å². The van der Waals surface area contributed by atoms with Gasteiger partial charge in [0.2, 0.25) is 0 Å². The first-order chi connectivity index (χ1) is 6.93. The standard InChI is InChI=1S/C11H12N2S/c1-3-13-7-11-8(1)5-10(14-11)9-2-4-12-6-9/h1,3,5,7,9,12H,2,4,6H2. The van der Waals surface area contributed by atoms with Gasteiger partial charge >= 0.3 is 0 Å². The molecule has 3 rings (SSSR count). The lowest BCUT2D eigenvalue weighted by Gasteiger charge is -2.02. The van der Waals surface area contributed by atoms with Crippen LogP contribution in [0.1, 0.15) is 17.2 Å². The maximum Gasteiger partial charge on any atom is 0.0529 e. The molecule has 2 aromatic rings. The third-order valence-corrected chi connectivity index (χ3v) is 4.05. The van der Waals surface area contributed by atoms with Crippen LogP contribution in [-0.4, -0.2) is 18.1 Å². The SMILES string of the molecule is c1cc2cc(C3CCNC3)sc2cn1. The van der Waals surface area contributed by atoms with Crippen LogP contribution in [0.4, 0.5) is 0 Å². The van der Waals surface area contributed by atoms with E-state index in [9.17, 15) is 0 Å². The zero-order chi connectivity index (χ0) is 9.38. The van der Waals surface area contributed by atoms with Crippen molar-refractivity contribution in [3.8, 4) is 0 Å². The van der Waals surface area contributed by atoms with Gasteiger partial charge in [0, 0.05) is 29.7 Å². The van der Waals surface area contributed by atoms with E-state index < -0.39 is 0 Å². The summed E-state index contributed by atoms with van der Waals surface area (Å²) in [5.74, 6) is 0.729. The first kappa shape index (κ1) is 8.38. The van der Waals surface area contributed by atoms with Crippen molar-refractivity contribution in [3.63, 3.8) is 0 Å². The van der Waals surface area contributed by atoms with E-state index >= 15 is 0 Å². The monoisotopic (exact) mass is 204 g/mol. The second kappa shape index (κ2) is 3.33. The number of rotatable bonds is 1. The fraction of sp³-hybridized carbons (Fsp3) is 0.364. The van der Waals surface area contributed by atoms with Crippen LogP contribution in [0, 0.1) is 0 Å². The summed E-state index contributed by atoms with van der Waals surface area (Å²) in [5.41, 5.74) is 0. The Morgan fingerprint density at radius 2 is 2.50 bits per heavy atom.